The Balaban J connectivity index is 1.82. The topological polar surface area (TPSA) is 36.1 Å². The molecule has 1 amide bonds. The maximum atomic E-state index is 12.5. The van der Waals surface area contributed by atoms with Gasteiger partial charge in [0.15, 0.2) is 0 Å². The molecule has 1 aromatic carbocycles. The Morgan fingerprint density at radius 1 is 1.47 bits per heavy atom. The van der Waals surface area contributed by atoms with Gasteiger partial charge in [-0.15, -0.1) is 0 Å². The van der Waals surface area contributed by atoms with Crippen molar-refractivity contribution in [3.63, 3.8) is 0 Å². The van der Waals surface area contributed by atoms with E-state index in [1.165, 1.54) is 0 Å². The molecular weight excluding hydrogens is 256 g/mol. The van der Waals surface area contributed by atoms with Crippen LogP contribution in [0, 0.1) is 0 Å². The van der Waals surface area contributed by atoms with Crippen LogP contribution in [0.4, 0.5) is 0 Å². The van der Waals surface area contributed by atoms with Crippen molar-refractivity contribution >= 4 is 28.6 Å². The zero-order valence-corrected chi connectivity index (χ0v) is 11.9. The minimum atomic E-state index is 0.162. The third-order valence-corrected chi connectivity index (χ3v) is 5.06. The van der Waals surface area contributed by atoms with Gasteiger partial charge in [-0.3, -0.25) is 4.79 Å². The zero-order valence-electron chi connectivity index (χ0n) is 11.1. The van der Waals surface area contributed by atoms with Gasteiger partial charge in [-0.1, -0.05) is 13.0 Å². The lowest BCUT2D eigenvalue weighted by Gasteiger charge is -2.32. The smallest absolute Gasteiger partial charge is 0.253 e. The predicted octanol–water partition coefficient (Wildman–Crippen LogP) is 3.14. The molecular formula is C15H18N2OS. The van der Waals surface area contributed by atoms with E-state index < -0.39 is 0 Å². The van der Waals surface area contributed by atoms with Crippen LogP contribution in [0.1, 0.15) is 23.7 Å². The number of aromatic nitrogens is 1. The van der Waals surface area contributed by atoms with E-state index in [2.05, 4.69) is 11.9 Å². The summed E-state index contributed by atoms with van der Waals surface area (Å²) in [6.07, 6.45) is 3.04. The van der Waals surface area contributed by atoms with Gasteiger partial charge in [0.2, 0.25) is 0 Å². The number of rotatable bonds is 2. The average Bonchev–Trinajstić information content (AvgIpc) is 2.94. The highest BCUT2D eigenvalue weighted by Gasteiger charge is 2.23. The van der Waals surface area contributed by atoms with Crippen LogP contribution in [0.15, 0.2) is 30.5 Å². The summed E-state index contributed by atoms with van der Waals surface area (Å²) in [4.78, 5) is 17.7. The largest absolute Gasteiger partial charge is 0.361 e. The molecule has 1 saturated heterocycles. The first-order valence-corrected chi connectivity index (χ1v) is 7.81. The zero-order chi connectivity index (χ0) is 13.2. The fourth-order valence-corrected chi connectivity index (χ4v) is 3.69. The molecule has 19 heavy (non-hydrogen) atoms. The predicted molar refractivity (Wildman–Crippen MR) is 80.7 cm³/mol. The number of aromatic amines is 1. The van der Waals surface area contributed by atoms with E-state index in [-0.39, 0.29) is 5.91 Å². The minimum Gasteiger partial charge on any atom is -0.361 e. The number of nitrogens with one attached hydrogen (secondary N) is 1. The molecule has 2 aromatic rings. The summed E-state index contributed by atoms with van der Waals surface area (Å²) in [5.74, 6) is 1.21. The van der Waals surface area contributed by atoms with E-state index in [0.29, 0.717) is 5.25 Å². The van der Waals surface area contributed by atoms with Gasteiger partial charge >= 0.3 is 0 Å². The molecule has 1 aliphatic heterocycles. The van der Waals surface area contributed by atoms with Crippen LogP contribution in [0.3, 0.4) is 0 Å². The number of amides is 1. The van der Waals surface area contributed by atoms with Crippen LogP contribution in [0.2, 0.25) is 0 Å². The monoisotopic (exact) mass is 274 g/mol. The summed E-state index contributed by atoms with van der Waals surface area (Å²) in [6, 6.07) is 7.92. The van der Waals surface area contributed by atoms with Crippen molar-refractivity contribution < 1.29 is 4.79 Å². The fraction of sp³-hybridized carbons (Fsp3) is 0.400. The molecule has 1 fully saturated rings. The lowest BCUT2D eigenvalue weighted by Crippen LogP contribution is -2.41. The summed E-state index contributed by atoms with van der Waals surface area (Å²) in [5, 5.41) is 1.74. The van der Waals surface area contributed by atoms with E-state index in [4.69, 9.17) is 0 Å². The number of carbonyl (C=O) groups excluding carboxylic acids is 1. The number of thioether (sulfide) groups is 1. The van der Waals surface area contributed by atoms with Gasteiger partial charge in [-0.05, 0) is 30.0 Å². The average molecular weight is 274 g/mol. The van der Waals surface area contributed by atoms with Crippen molar-refractivity contribution in [1.29, 1.82) is 0 Å². The third-order valence-electron chi connectivity index (χ3n) is 3.68. The molecule has 0 spiro atoms. The molecule has 0 bridgehead atoms. The molecule has 1 atom stereocenters. The lowest BCUT2D eigenvalue weighted by molar-refractivity contribution is 0.0761. The Hall–Kier alpha value is -1.42. The highest BCUT2D eigenvalue weighted by atomic mass is 32.2. The number of hydrogen-bond donors (Lipinski definition) is 1. The van der Waals surface area contributed by atoms with Gasteiger partial charge in [0.25, 0.3) is 5.91 Å². The molecule has 0 aliphatic carbocycles. The molecule has 1 N–H and O–H groups in total. The van der Waals surface area contributed by atoms with Crippen molar-refractivity contribution in [3.8, 4) is 0 Å². The van der Waals surface area contributed by atoms with E-state index in [0.717, 1.165) is 41.7 Å². The van der Waals surface area contributed by atoms with Crippen LogP contribution in [-0.2, 0) is 0 Å². The Morgan fingerprint density at radius 2 is 2.37 bits per heavy atom. The summed E-state index contributed by atoms with van der Waals surface area (Å²) >= 11 is 1.98. The number of H-pyrrole nitrogens is 1. The Labute approximate surface area is 117 Å². The van der Waals surface area contributed by atoms with Gasteiger partial charge < -0.3 is 9.88 Å². The minimum absolute atomic E-state index is 0.162. The maximum absolute atomic E-state index is 12.5. The number of nitrogens with zero attached hydrogens (tertiary/aromatic N) is 1. The maximum Gasteiger partial charge on any atom is 0.253 e. The molecule has 100 valence electrons. The standard InChI is InChI=1S/C15H18N2OS/c1-2-13-10-17(7-8-19-13)15(18)12-4-3-11-5-6-16-14(11)9-12/h3-6,9,13,16H,2,7-8,10H2,1H3. The van der Waals surface area contributed by atoms with Gasteiger partial charge in [-0.25, -0.2) is 0 Å². The molecule has 1 aliphatic rings. The van der Waals surface area contributed by atoms with E-state index >= 15 is 0 Å². The first-order chi connectivity index (χ1) is 9.28. The first-order valence-electron chi connectivity index (χ1n) is 6.76. The second kappa shape index (κ2) is 5.29. The molecule has 0 radical (unpaired) electrons. The van der Waals surface area contributed by atoms with Gasteiger partial charge in [0.1, 0.15) is 0 Å². The Morgan fingerprint density at radius 3 is 3.21 bits per heavy atom. The number of benzene rings is 1. The van der Waals surface area contributed by atoms with Crippen molar-refractivity contribution in [1.82, 2.24) is 9.88 Å². The molecule has 1 aromatic heterocycles. The molecule has 0 saturated carbocycles. The first kappa shape index (κ1) is 12.6. The summed E-state index contributed by atoms with van der Waals surface area (Å²) < 4.78 is 0. The number of hydrogen-bond acceptors (Lipinski definition) is 2. The van der Waals surface area contributed by atoms with Crippen LogP contribution < -0.4 is 0 Å². The van der Waals surface area contributed by atoms with Gasteiger partial charge in [0, 0.05) is 41.4 Å². The number of carbonyl (C=O) groups is 1. The summed E-state index contributed by atoms with van der Waals surface area (Å²) in [6.45, 7) is 3.93. The third kappa shape index (κ3) is 2.50. The molecule has 3 rings (SSSR count). The molecule has 3 nitrogen and oxygen atoms in total. The van der Waals surface area contributed by atoms with Crippen molar-refractivity contribution in [3.05, 3.63) is 36.0 Å². The highest BCUT2D eigenvalue weighted by molar-refractivity contribution is 8.00. The Bertz CT molecular complexity index is 593. The van der Waals surface area contributed by atoms with E-state index in [1.54, 1.807) is 0 Å². The van der Waals surface area contributed by atoms with Crippen molar-refractivity contribution in [2.24, 2.45) is 0 Å². The van der Waals surface area contributed by atoms with Crippen LogP contribution >= 0.6 is 11.8 Å². The van der Waals surface area contributed by atoms with E-state index in [1.807, 2.05) is 47.1 Å². The van der Waals surface area contributed by atoms with Crippen LogP contribution in [0.25, 0.3) is 10.9 Å². The van der Waals surface area contributed by atoms with Crippen LogP contribution in [-0.4, -0.2) is 39.9 Å². The Kier molecular flexibility index (Phi) is 3.51. The molecule has 2 heterocycles. The second-order valence-electron chi connectivity index (χ2n) is 4.93. The van der Waals surface area contributed by atoms with Crippen molar-refractivity contribution in [2.75, 3.05) is 18.8 Å². The summed E-state index contributed by atoms with van der Waals surface area (Å²) in [7, 11) is 0. The quantitative estimate of drug-likeness (QED) is 0.913. The van der Waals surface area contributed by atoms with Crippen LogP contribution in [0.5, 0.6) is 0 Å². The van der Waals surface area contributed by atoms with E-state index in [9.17, 15) is 4.79 Å². The van der Waals surface area contributed by atoms with Gasteiger partial charge in [-0.2, -0.15) is 11.8 Å². The SMILES string of the molecule is CCC1CN(C(=O)c2ccc3cc[nH]c3c2)CCS1. The summed E-state index contributed by atoms with van der Waals surface area (Å²) in [5.41, 5.74) is 1.82. The second-order valence-corrected chi connectivity index (χ2v) is 6.34. The van der Waals surface area contributed by atoms with Gasteiger partial charge in [0.05, 0.1) is 0 Å². The van der Waals surface area contributed by atoms with Crippen molar-refractivity contribution in [2.45, 2.75) is 18.6 Å². The lowest BCUT2D eigenvalue weighted by atomic mass is 10.1. The molecule has 4 heteroatoms. The highest BCUT2D eigenvalue weighted by Crippen LogP contribution is 2.23. The fourth-order valence-electron chi connectivity index (χ4n) is 2.51. The normalized spacial score (nSPS) is 19.8. The number of fused-ring (bicyclic) bond motifs is 1. The molecule has 1 unspecified atom stereocenters.